The Hall–Kier alpha value is -2.19. The molecule has 0 aliphatic carbocycles. The van der Waals surface area contributed by atoms with Crippen molar-refractivity contribution >= 4 is 32.3 Å². The molecule has 2 bridgehead atoms. The summed E-state index contributed by atoms with van der Waals surface area (Å²) in [5.74, 6) is 0. The van der Waals surface area contributed by atoms with Crippen molar-refractivity contribution in [3.8, 4) is 10.6 Å². The van der Waals surface area contributed by atoms with E-state index in [2.05, 4.69) is 73.0 Å². The molecule has 0 unspecified atom stereocenters. The smallest absolute Gasteiger partial charge is 0.179 e. The molecule has 1 aliphatic heterocycles. The Morgan fingerprint density at radius 3 is 2.74 bits per heavy atom. The topological polar surface area (TPSA) is 3.88 Å². The van der Waals surface area contributed by atoms with Gasteiger partial charge in [0.25, 0.3) is 5.01 Å². The number of nitrogens with zero attached hydrogens (tertiary/aromatic N) is 1. The van der Waals surface area contributed by atoms with Gasteiger partial charge in [0.1, 0.15) is 4.70 Å². The largest absolute Gasteiger partial charge is 0.271 e. The lowest BCUT2D eigenvalue weighted by atomic mass is 9.94. The summed E-state index contributed by atoms with van der Waals surface area (Å²) in [5, 5.41) is 4.15. The molecule has 0 spiro atoms. The van der Waals surface area contributed by atoms with E-state index < -0.39 is 0 Å². The van der Waals surface area contributed by atoms with Gasteiger partial charge in [-0.15, -0.1) is 0 Å². The Morgan fingerprint density at radius 2 is 1.83 bits per heavy atom. The van der Waals surface area contributed by atoms with Gasteiger partial charge in [0.15, 0.2) is 6.04 Å². The first-order valence-corrected chi connectivity index (χ1v) is 9.00. The predicted octanol–water partition coefficient (Wildman–Crippen LogP) is 5.43. The Morgan fingerprint density at radius 1 is 1.04 bits per heavy atom. The first kappa shape index (κ1) is 13.3. The molecular weight excluding hydrogens is 298 g/mol. The fraction of sp³-hybridized carbons (Fsp3) is 0.190. The molecule has 1 nitrogen and oxygen atoms in total. The summed E-state index contributed by atoms with van der Waals surface area (Å²) in [7, 11) is 0. The molecule has 0 fully saturated rings. The third-order valence-electron chi connectivity index (χ3n) is 5.14. The number of hydrogen-bond acceptors (Lipinski definition) is 1. The van der Waals surface area contributed by atoms with E-state index in [-0.39, 0.29) is 0 Å². The second-order valence-corrected chi connectivity index (χ2v) is 7.59. The second-order valence-electron chi connectivity index (χ2n) is 6.55. The number of rotatable bonds is 0. The van der Waals surface area contributed by atoms with E-state index in [0.717, 1.165) is 6.42 Å². The Labute approximate surface area is 139 Å². The zero-order valence-electron chi connectivity index (χ0n) is 13.3. The quantitative estimate of drug-likeness (QED) is 0.381. The Balaban J connectivity index is 2.01. The van der Waals surface area contributed by atoms with Crippen LogP contribution in [-0.2, 0) is 6.42 Å². The lowest BCUT2D eigenvalue weighted by Crippen LogP contribution is -2.38. The van der Waals surface area contributed by atoms with Gasteiger partial charge >= 0.3 is 0 Å². The first-order valence-electron chi connectivity index (χ1n) is 8.18. The lowest BCUT2D eigenvalue weighted by molar-refractivity contribution is -0.680. The fourth-order valence-electron chi connectivity index (χ4n) is 4.02. The van der Waals surface area contributed by atoms with Crippen molar-refractivity contribution in [1.82, 2.24) is 0 Å². The third-order valence-corrected chi connectivity index (χ3v) is 6.30. The van der Waals surface area contributed by atoms with Crippen LogP contribution in [-0.4, -0.2) is 0 Å². The van der Waals surface area contributed by atoms with Crippen molar-refractivity contribution in [3.05, 3.63) is 65.7 Å². The minimum atomic E-state index is 0.481. The molecular formula is C21H18NS+. The number of aromatic nitrogens is 1. The number of benzene rings is 3. The van der Waals surface area contributed by atoms with Crippen LogP contribution in [0.15, 0.2) is 54.6 Å². The standard InChI is InChI=1S/C21H18NS/c1-13-11-16-12-15-7-3-4-8-17(15)20(14(16)2)21-22(13)18-9-5-6-10-19(18)23-21/h3-10,12-13H,11H2,1-2H3/q+1/t13-/m0/s1. The van der Waals surface area contributed by atoms with Gasteiger partial charge in [-0.05, 0) is 41.8 Å². The van der Waals surface area contributed by atoms with Crippen molar-refractivity contribution in [2.45, 2.75) is 26.3 Å². The predicted molar refractivity (Wildman–Crippen MR) is 98.1 cm³/mol. The molecule has 0 N–H and O–H groups in total. The molecule has 23 heavy (non-hydrogen) atoms. The van der Waals surface area contributed by atoms with Gasteiger partial charge in [-0.3, -0.25) is 0 Å². The number of thiazole rings is 1. The van der Waals surface area contributed by atoms with Crippen molar-refractivity contribution in [1.29, 1.82) is 0 Å². The maximum Gasteiger partial charge on any atom is 0.271 e. The van der Waals surface area contributed by atoms with E-state index in [0.29, 0.717) is 6.04 Å². The minimum absolute atomic E-state index is 0.481. The molecule has 0 radical (unpaired) electrons. The Bertz CT molecular complexity index is 1070. The maximum absolute atomic E-state index is 2.56. The molecule has 3 aromatic carbocycles. The van der Waals surface area contributed by atoms with Crippen LogP contribution in [0.4, 0.5) is 0 Å². The van der Waals surface area contributed by atoms with E-state index in [1.807, 2.05) is 11.3 Å². The molecule has 0 saturated carbocycles. The fourth-order valence-corrected chi connectivity index (χ4v) is 5.39. The van der Waals surface area contributed by atoms with Gasteiger partial charge in [0.05, 0.1) is 5.56 Å². The lowest BCUT2D eigenvalue weighted by Gasteiger charge is -2.09. The van der Waals surface area contributed by atoms with Gasteiger partial charge < -0.3 is 0 Å². The summed E-state index contributed by atoms with van der Waals surface area (Å²) < 4.78 is 3.94. The van der Waals surface area contributed by atoms with Crippen molar-refractivity contribution in [2.75, 3.05) is 0 Å². The van der Waals surface area contributed by atoms with Crippen LogP contribution in [0, 0.1) is 6.92 Å². The van der Waals surface area contributed by atoms with Crippen molar-refractivity contribution in [3.63, 3.8) is 0 Å². The van der Waals surface area contributed by atoms with Crippen LogP contribution in [0.3, 0.4) is 0 Å². The first-order chi connectivity index (χ1) is 11.2. The summed E-state index contributed by atoms with van der Waals surface area (Å²) in [5.41, 5.74) is 5.74. The van der Waals surface area contributed by atoms with E-state index in [1.165, 1.54) is 42.7 Å². The molecule has 0 amide bonds. The van der Waals surface area contributed by atoms with Crippen LogP contribution in [0.1, 0.15) is 24.1 Å². The van der Waals surface area contributed by atoms with Gasteiger partial charge in [-0.1, -0.05) is 53.8 Å². The van der Waals surface area contributed by atoms with Gasteiger partial charge in [0.2, 0.25) is 5.52 Å². The van der Waals surface area contributed by atoms with E-state index in [9.17, 15) is 0 Å². The molecule has 112 valence electrons. The average molecular weight is 316 g/mol. The molecule has 1 aromatic heterocycles. The van der Waals surface area contributed by atoms with Crippen LogP contribution >= 0.6 is 11.3 Å². The molecule has 0 saturated heterocycles. The summed E-state index contributed by atoms with van der Waals surface area (Å²) in [6.45, 7) is 4.65. The molecule has 5 rings (SSSR count). The molecule has 1 atom stereocenters. The minimum Gasteiger partial charge on any atom is -0.179 e. The van der Waals surface area contributed by atoms with Crippen LogP contribution in [0.2, 0.25) is 0 Å². The molecule has 2 heteroatoms. The SMILES string of the molecule is Cc1c2cc3ccccc3c1-c1sc3ccccc3[n+]1[C@@H](C)C2. The van der Waals surface area contributed by atoms with Gasteiger partial charge in [-0.25, -0.2) is 0 Å². The number of fused-ring (bicyclic) bond motifs is 8. The average Bonchev–Trinajstić information content (AvgIpc) is 2.92. The van der Waals surface area contributed by atoms with Crippen molar-refractivity contribution < 1.29 is 4.57 Å². The number of para-hydroxylation sites is 1. The molecule has 2 heterocycles. The zero-order chi connectivity index (χ0) is 15.6. The highest BCUT2D eigenvalue weighted by Crippen LogP contribution is 2.41. The maximum atomic E-state index is 2.56. The zero-order valence-corrected chi connectivity index (χ0v) is 14.2. The molecule has 4 aromatic rings. The van der Waals surface area contributed by atoms with E-state index in [1.54, 1.807) is 0 Å². The van der Waals surface area contributed by atoms with Crippen LogP contribution in [0.5, 0.6) is 0 Å². The highest BCUT2D eigenvalue weighted by atomic mass is 32.1. The summed E-state index contributed by atoms with van der Waals surface area (Å²) in [6, 6.07) is 20.5. The highest BCUT2D eigenvalue weighted by molar-refractivity contribution is 7.21. The monoisotopic (exact) mass is 316 g/mol. The normalized spacial score (nSPS) is 16.5. The van der Waals surface area contributed by atoms with E-state index in [4.69, 9.17) is 0 Å². The third kappa shape index (κ3) is 1.76. The van der Waals surface area contributed by atoms with Crippen molar-refractivity contribution in [2.24, 2.45) is 0 Å². The van der Waals surface area contributed by atoms with Gasteiger partial charge in [-0.2, -0.15) is 4.57 Å². The Kier molecular flexibility index (Phi) is 2.68. The summed E-state index contributed by atoms with van der Waals surface area (Å²) in [6.07, 6.45) is 1.10. The summed E-state index contributed by atoms with van der Waals surface area (Å²) in [4.78, 5) is 0. The van der Waals surface area contributed by atoms with Crippen LogP contribution < -0.4 is 4.57 Å². The van der Waals surface area contributed by atoms with Crippen LogP contribution in [0.25, 0.3) is 31.6 Å². The van der Waals surface area contributed by atoms with Gasteiger partial charge in [0, 0.05) is 12.5 Å². The summed E-state index contributed by atoms with van der Waals surface area (Å²) >= 11 is 1.93. The second kappa shape index (κ2) is 4.65. The highest BCUT2D eigenvalue weighted by Gasteiger charge is 2.33. The molecule has 1 aliphatic rings. The van der Waals surface area contributed by atoms with E-state index >= 15 is 0 Å². The number of hydrogen-bond donors (Lipinski definition) is 0.